The molecular formula is C16H15N3O2S2. The average Bonchev–Trinajstić information content (AvgIpc) is 3.15. The van der Waals surface area contributed by atoms with Crippen LogP contribution < -0.4 is 0 Å². The van der Waals surface area contributed by atoms with E-state index in [1.54, 1.807) is 18.0 Å². The van der Waals surface area contributed by atoms with Gasteiger partial charge in [-0.3, -0.25) is 9.59 Å². The summed E-state index contributed by atoms with van der Waals surface area (Å²) in [6.07, 6.45) is 0.306. The summed E-state index contributed by atoms with van der Waals surface area (Å²) in [7, 11) is 1.78. The number of hydrogen-bond acceptors (Lipinski definition) is 6. The molecule has 0 bridgehead atoms. The minimum atomic E-state index is 0.0226. The third-order valence-corrected chi connectivity index (χ3v) is 5.16. The molecule has 0 fully saturated rings. The summed E-state index contributed by atoms with van der Waals surface area (Å²) in [6.45, 7) is 2.06. The summed E-state index contributed by atoms with van der Waals surface area (Å²) in [5, 5.41) is 1.87. The Morgan fingerprint density at radius 2 is 1.91 bits per heavy atom. The molecule has 1 aromatic carbocycles. The maximum Gasteiger partial charge on any atom is 0.227 e. The number of benzene rings is 1. The van der Waals surface area contributed by atoms with Crippen LogP contribution in [-0.4, -0.2) is 32.4 Å². The van der Waals surface area contributed by atoms with Gasteiger partial charge in [-0.05, 0) is 41.6 Å². The van der Waals surface area contributed by atoms with E-state index in [1.165, 1.54) is 30.0 Å². The highest BCUT2D eigenvalue weighted by Gasteiger charge is 2.13. The molecule has 3 rings (SSSR count). The summed E-state index contributed by atoms with van der Waals surface area (Å²) in [5.74, 6) is 0.0571. The zero-order valence-electron chi connectivity index (χ0n) is 12.8. The molecule has 2 aromatic heterocycles. The van der Waals surface area contributed by atoms with E-state index >= 15 is 0 Å². The van der Waals surface area contributed by atoms with Gasteiger partial charge in [-0.1, -0.05) is 6.07 Å². The van der Waals surface area contributed by atoms with Crippen LogP contribution in [0.15, 0.2) is 29.6 Å². The summed E-state index contributed by atoms with van der Waals surface area (Å²) in [4.78, 5) is 26.0. The second kappa shape index (κ2) is 6.55. The van der Waals surface area contributed by atoms with Crippen LogP contribution in [0.3, 0.4) is 0 Å². The fourth-order valence-corrected chi connectivity index (χ4v) is 3.58. The smallest absolute Gasteiger partial charge is 0.227 e. The van der Waals surface area contributed by atoms with E-state index in [2.05, 4.69) is 8.75 Å². The number of fused-ring (bicyclic) bond motifs is 1. The first kappa shape index (κ1) is 15.8. The fourth-order valence-electron chi connectivity index (χ4n) is 2.25. The van der Waals surface area contributed by atoms with Crippen LogP contribution in [0.2, 0.25) is 0 Å². The quantitative estimate of drug-likeness (QED) is 0.666. The Labute approximate surface area is 141 Å². The average molecular weight is 345 g/mol. The number of amides is 1. The number of ketones is 1. The van der Waals surface area contributed by atoms with Crippen LogP contribution >= 0.6 is 23.1 Å². The van der Waals surface area contributed by atoms with Crippen LogP contribution in [0.4, 0.5) is 0 Å². The number of carbonyl (C=O) groups excluding carboxylic acids is 2. The number of thiophene rings is 1. The van der Waals surface area contributed by atoms with E-state index in [1.807, 2.05) is 23.6 Å². The molecule has 0 N–H and O–H groups in total. The van der Waals surface area contributed by atoms with Gasteiger partial charge < -0.3 is 4.90 Å². The first-order valence-electron chi connectivity index (χ1n) is 7.06. The van der Waals surface area contributed by atoms with Crippen molar-refractivity contribution in [2.45, 2.75) is 19.9 Å². The fraction of sp³-hybridized carbons (Fsp3) is 0.250. The first-order valence-corrected chi connectivity index (χ1v) is 8.67. The normalized spacial score (nSPS) is 10.9. The van der Waals surface area contributed by atoms with Crippen LogP contribution in [0.25, 0.3) is 11.0 Å². The van der Waals surface area contributed by atoms with Gasteiger partial charge in [0.25, 0.3) is 0 Å². The minimum absolute atomic E-state index is 0.0226. The molecule has 3 aromatic rings. The largest absolute Gasteiger partial charge is 0.341 e. The lowest BCUT2D eigenvalue weighted by Crippen LogP contribution is -2.27. The van der Waals surface area contributed by atoms with Gasteiger partial charge in [0.1, 0.15) is 11.0 Å². The van der Waals surface area contributed by atoms with E-state index in [0.717, 1.165) is 22.2 Å². The van der Waals surface area contributed by atoms with E-state index in [-0.39, 0.29) is 11.7 Å². The van der Waals surface area contributed by atoms with Crippen LogP contribution in [0, 0.1) is 0 Å². The second-order valence-electron chi connectivity index (χ2n) is 5.39. The Morgan fingerprint density at radius 3 is 2.65 bits per heavy atom. The zero-order valence-corrected chi connectivity index (χ0v) is 14.4. The summed E-state index contributed by atoms with van der Waals surface area (Å²) in [6, 6.07) is 7.64. The zero-order chi connectivity index (χ0) is 16.4. The number of aromatic nitrogens is 2. The molecule has 2 heterocycles. The Morgan fingerprint density at radius 1 is 1.13 bits per heavy atom. The number of likely N-dealkylation sites (N-methyl/N-ethyl adjacent to an activating group) is 1. The molecule has 0 aliphatic heterocycles. The lowest BCUT2D eigenvalue weighted by Gasteiger charge is -2.17. The highest BCUT2D eigenvalue weighted by molar-refractivity contribution is 7.12. The molecule has 118 valence electrons. The highest BCUT2D eigenvalue weighted by Crippen LogP contribution is 2.18. The molecule has 23 heavy (non-hydrogen) atoms. The van der Waals surface area contributed by atoms with Gasteiger partial charge in [-0.15, -0.1) is 11.3 Å². The molecule has 0 saturated heterocycles. The van der Waals surface area contributed by atoms with Crippen LogP contribution in [0.1, 0.15) is 27.7 Å². The van der Waals surface area contributed by atoms with E-state index in [0.29, 0.717) is 17.8 Å². The standard InChI is InChI=1S/C16H15N3O2S2/c1-10(20)15-6-12(9-22-15)7-16(21)19(2)8-11-3-4-13-14(5-11)18-23-17-13/h3-6,9H,7-8H2,1-2H3. The van der Waals surface area contributed by atoms with Crippen molar-refractivity contribution in [3.8, 4) is 0 Å². The number of Topliss-reactive ketones (excluding diaryl/α,β-unsaturated/α-hetero) is 1. The molecule has 0 saturated carbocycles. The van der Waals surface area contributed by atoms with Gasteiger partial charge >= 0.3 is 0 Å². The van der Waals surface area contributed by atoms with Gasteiger partial charge in [0, 0.05) is 13.6 Å². The van der Waals surface area contributed by atoms with Crippen molar-refractivity contribution in [1.29, 1.82) is 0 Å². The van der Waals surface area contributed by atoms with Crippen LogP contribution in [0.5, 0.6) is 0 Å². The van der Waals surface area contributed by atoms with Gasteiger partial charge in [-0.2, -0.15) is 8.75 Å². The summed E-state index contributed by atoms with van der Waals surface area (Å²) < 4.78 is 8.39. The van der Waals surface area contributed by atoms with E-state index in [4.69, 9.17) is 0 Å². The second-order valence-corrected chi connectivity index (χ2v) is 6.83. The molecule has 0 spiro atoms. The highest BCUT2D eigenvalue weighted by atomic mass is 32.1. The molecular weight excluding hydrogens is 330 g/mol. The van der Waals surface area contributed by atoms with E-state index in [9.17, 15) is 9.59 Å². The number of nitrogens with zero attached hydrogens (tertiary/aromatic N) is 3. The van der Waals surface area contributed by atoms with Gasteiger partial charge in [0.15, 0.2) is 5.78 Å². The van der Waals surface area contributed by atoms with Crippen LogP contribution in [-0.2, 0) is 17.8 Å². The summed E-state index contributed by atoms with van der Waals surface area (Å²) >= 11 is 2.57. The van der Waals surface area contributed by atoms with E-state index < -0.39 is 0 Å². The monoisotopic (exact) mass is 345 g/mol. The topological polar surface area (TPSA) is 63.2 Å². The van der Waals surface area contributed by atoms with Gasteiger partial charge in [-0.25, -0.2) is 0 Å². The Balaban J connectivity index is 1.65. The number of carbonyl (C=O) groups is 2. The predicted molar refractivity (Wildman–Crippen MR) is 91.9 cm³/mol. The van der Waals surface area contributed by atoms with Crippen molar-refractivity contribution in [3.63, 3.8) is 0 Å². The third kappa shape index (κ3) is 3.62. The molecule has 0 atom stereocenters. The molecule has 1 amide bonds. The Hall–Kier alpha value is -2.12. The minimum Gasteiger partial charge on any atom is -0.341 e. The Kier molecular flexibility index (Phi) is 4.49. The van der Waals surface area contributed by atoms with Crippen molar-refractivity contribution in [3.05, 3.63) is 45.6 Å². The molecule has 0 aliphatic carbocycles. The molecule has 0 unspecified atom stereocenters. The van der Waals surface area contributed by atoms with Gasteiger partial charge in [0.2, 0.25) is 5.91 Å². The lowest BCUT2D eigenvalue weighted by molar-refractivity contribution is -0.129. The van der Waals surface area contributed by atoms with Crippen molar-refractivity contribution < 1.29 is 9.59 Å². The number of hydrogen-bond donors (Lipinski definition) is 0. The first-order chi connectivity index (χ1) is 11.0. The van der Waals surface area contributed by atoms with Crippen molar-refractivity contribution in [1.82, 2.24) is 13.6 Å². The van der Waals surface area contributed by atoms with Crippen molar-refractivity contribution >= 4 is 45.8 Å². The Bertz CT molecular complexity index is 869. The van der Waals surface area contributed by atoms with Crippen molar-refractivity contribution in [2.24, 2.45) is 0 Å². The molecule has 7 heteroatoms. The maximum atomic E-state index is 12.3. The third-order valence-electron chi connectivity index (χ3n) is 3.52. The van der Waals surface area contributed by atoms with Gasteiger partial charge in [0.05, 0.1) is 23.0 Å². The SMILES string of the molecule is CC(=O)c1cc(CC(=O)N(C)Cc2ccc3nsnc3c2)cs1. The molecule has 5 nitrogen and oxygen atoms in total. The summed E-state index contributed by atoms with van der Waals surface area (Å²) in [5.41, 5.74) is 3.65. The number of rotatable bonds is 5. The van der Waals surface area contributed by atoms with Crippen molar-refractivity contribution in [2.75, 3.05) is 7.05 Å². The maximum absolute atomic E-state index is 12.3. The lowest BCUT2D eigenvalue weighted by atomic mass is 10.1. The predicted octanol–water partition coefficient (Wildman–Crippen LogP) is 3.16. The molecule has 0 radical (unpaired) electrons. The molecule has 0 aliphatic rings.